The maximum Gasteiger partial charge on any atom is 0.229 e. The molecule has 4 nitrogen and oxygen atoms in total. The van der Waals surface area contributed by atoms with E-state index in [0.29, 0.717) is 5.28 Å². The largest absolute Gasteiger partial charge is 0.328 e. The van der Waals surface area contributed by atoms with Crippen LogP contribution in [0.5, 0.6) is 0 Å². The first kappa shape index (κ1) is 9.43. The van der Waals surface area contributed by atoms with Gasteiger partial charge in [-0.1, -0.05) is 6.07 Å². The minimum Gasteiger partial charge on any atom is -0.328 e. The van der Waals surface area contributed by atoms with Gasteiger partial charge in [-0.15, -0.1) is 10.2 Å². The molecule has 0 saturated heterocycles. The Hall–Kier alpha value is -1.13. The second kappa shape index (κ2) is 3.55. The normalized spacial score (nSPS) is 13.4. The zero-order valence-corrected chi connectivity index (χ0v) is 8.57. The molecule has 0 radical (unpaired) electrons. The van der Waals surface area contributed by atoms with E-state index in [0.717, 1.165) is 17.8 Å². The van der Waals surface area contributed by atoms with E-state index in [4.69, 9.17) is 17.3 Å². The van der Waals surface area contributed by atoms with Crippen molar-refractivity contribution < 1.29 is 0 Å². The number of nitrogens with zero attached hydrogens (tertiary/aromatic N) is 3. The molecule has 1 unspecified atom stereocenters. The molecule has 2 heterocycles. The summed E-state index contributed by atoms with van der Waals surface area (Å²) in [6, 6.07) is 5.87. The molecule has 0 amide bonds. The molecule has 0 aliphatic rings. The van der Waals surface area contributed by atoms with Gasteiger partial charge in [0.1, 0.15) is 0 Å². The van der Waals surface area contributed by atoms with E-state index in [-0.39, 0.29) is 6.04 Å². The highest BCUT2D eigenvalue weighted by molar-refractivity contribution is 6.28. The SMILES string of the molecule is CC(N)Cc1cccc2nnc(Cl)n12. The standard InChI is InChI=1S/C9H11ClN4/c1-6(11)5-7-3-2-4-8-12-13-9(10)14(7)8/h2-4,6H,5,11H2,1H3. The number of aromatic nitrogens is 3. The number of pyridine rings is 1. The van der Waals surface area contributed by atoms with E-state index < -0.39 is 0 Å². The van der Waals surface area contributed by atoms with Gasteiger partial charge in [-0.2, -0.15) is 0 Å². The second-order valence-electron chi connectivity index (χ2n) is 3.36. The lowest BCUT2D eigenvalue weighted by molar-refractivity contribution is 0.714. The van der Waals surface area contributed by atoms with Crippen LogP contribution >= 0.6 is 11.6 Å². The molecule has 0 spiro atoms. The van der Waals surface area contributed by atoms with Gasteiger partial charge in [0.15, 0.2) is 5.65 Å². The Morgan fingerprint density at radius 1 is 1.50 bits per heavy atom. The zero-order valence-electron chi connectivity index (χ0n) is 7.81. The van der Waals surface area contributed by atoms with Crippen molar-refractivity contribution >= 4 is 17.2 Å². The molecule has 0 aromatic carbocycles. The summed E-state index contributed by atoms with van der Waals surface area (Å²) in [5, 5.41) is 8.11. The smallest absolute Gasteiger partial charge is 0.229 e. The summed E-state index contributed by atoms with van der Waals surface area (Å²) in [6.45, 7) is 1.96. The summed E-state index contributed by atoms with van der Waals surface area (Å²) in [5.74, 6) is 0. The lowest BCUT2D eigenvalue weighted by Gasteiger charge is -2.07. The molecule has 74 valence electrons. The summed E-state index contributed by atoms with van der Waals surface area (Å²) in [4.78, 5) is 0. The van der Waals surface area contributed by atoms with Crippen molar-refractivity contribution in [1.82, 2.24) is 14.6 Å². The fraction of sp³-hybridized carbons (Fsp3) is 0.333. The molecular formula is C9H11ClN4. The molecule has 0 fully saturated rings. The summed E-state index contributed by atoms with van der Waals surface area (Å²) >= 11 is 5.91. The number of fused-ring (bicyclic) bond motifs is 1. The Bertz CT molecular complexity index is 449. The average molecular weight is 211 g/mol. The van der Waals surface area contributed by atoms with Gasteiger partial charge >= 0.3 is 0 Å². The summed E-state index contributed by atoms with van der Waals surface area (Å²) in [5.41, 5.74) is 7.53. The summed E-state index contributed by atoms with van der Waals surface area (Å²) < 4.78 is 1.81. The van der Waals surface area contributed by atoms with Crippen molar-refractivity contribution in [2.75, 3.05) is 0 Å². The highest BCUT2D eigenvalue weighted by Gasteiger charge is 2.07. The van der Waals surface area contributed by atoms with Gasteiger partial charge < -0.3 is 5.73 Å². The van der Waals surface area contributed by atoms with Crippen LogP contribution in [-0.2, 0) is 6.42 Å². The van der Waals surface area contributed by atoms with Crippen molar-refractivity contribution in [3.63, 3.8) is 0 Å². The molecule has 0 saturated carbocycles. The van der Waals surface area contributed by atoms with Crippen molar-refractivity contribution in [1.29, 1.82) is 0 Å². The fourth-order valence-electron chi connectivity index (χ4n) is 1.46. The lowest BCUT2D eigenvalue weighted by Crippen LogP contribution is -2.19. The Morgan fingerprint density at radius 3 is 3.00 bits per heavy atom. The topological polar surface area (TPSA) is 56.2 Å². The highest BCUT2D eigenvalue weighted by Crippen LogP contribution is 2.13. The van der Waals surface area contributed by atoms with E-state index in [1.54, 1.807) is 0 Å². The van der Waals surface area contributed by atoms with E-state index >= 15 is 0 Å². The van der Waals surface area contributed by atoms with Crippen LogP contribution < -0.4 is 5.73 Å². The highest BCUT2D eigenvalue weighted by atomic mass is 35.5. The minimum atomic E-state index is 0.0964. The zero-order chi connectivity index (χ0) is 10.1. The molecule has 2 N–H and O–H groups in total. The van der Waals surface area contributed by atoms with Gasteiger partial charge in [0.25, 0.3) is 0 Å². The third-order valence-electron chi connectivity index (χ3n) is 2.00. The van der Waals surface area contributed by atoms with E-state index in [2.05, 4.69) is 10.2 Å². The number of rotatable bonds is 2. The molecule has 2 rings (SSSR count). The predicted molar refractivity (Wildman–Crippen MR) is 55.4 cm³/mol. The fourth-order valence-corrected chi connectivity index (χ4v) is 1.69. The number of nitrogens with two attached hydrogens (primary N) is 1. The molecule has 0 aliphatic heterocycles. The van der Waals surface area contributed by atoms with Crippen LogP contribution in [0.1, 0.15) is 12.6 Å². The molecule has 1 atom stereocenters. The van der Waals surface area contributed by atoms with Crippen molar-refractivity contribution in [3.8, 4) is 0 Å². The van der Waals surface area contributed by atoms with Crippen LogP contribution in [0.25, 0.3) is 5.65 Å². The van der Waals surface area contributed by atoms with Crippen LogP contribution in [0.15, 0.2) is 18.2 Å². The molecule has 5 heteroatoms. The van der Waals surface area contributed by atoms with Gasteiger partial charge in [0.2, 0.25) is 5.28 Å². The molecule has 2 aromatic rings. The predicted octanol–water partition coefficient (Wildman–Crippen LogP) is 1.27. The molecule has 14 heavy (non-hydrogen) atoms. The Balaban J connectivity index is 2.57. The average Bonchev–Trinajstić information content (AvgIpc) is 2.48. The van der Waals surface area contributed by atoms with Crippen molar-refractivity contribution in [2.24, 2.45) is 5.73 Å². The Labute approximate surface area is 86.7 Å². The van der Waals surface area contributed by atoms with E-state index in [1.807, 2.05) is 29.5 Å². The Kier molecular flexibility index (Phi) is 2.39. The Morgan fingerprint density at radius 2 is 2.29 bits per heavy atom. The van der Waals surface area contributed by atoms with E-state index in [9.17, 15) is 0 Å². The van der Waals surface area contributed by atoms with Gasteiger partial charge in [-0.3, -0.25) is 4.40 Å². The van der Waals surface area contributed by atoms with Gasteiger partial charge in [0, 0.05) is 18.2 Å². The van der Waals surface area contributed by atoms with Crippen molar-refractivity contribution in [3.05, 3.63) is 29.2 Å². The van der Waals surface area contributed by atoms with Gasteiger partial charge in [-0.25, -0.2) is 0 Å². The number of halogens is 1. The third kappa shape index (κ3) is 1.58. The minimum absolute atomic E-state index is 0.0964. The third-order valence-corrected chi connectivity index (χ3v) is 2.25. The molecular weight excluding hydrogens is 200 g/mol. The van der Waals surface area contributed by atoms with Crippen LogP contribution in [-0.4, -0.2) is 20.6 Å². The lowest BCUT2D eigenvalue weighted by atomic mass is 10.2. The first-order chi connectivity index (χ1) is 6.68. The van der Waals surface area contributed by atoms with Gasteiger partial charge in [-0.05, 0) is 30.7 Å². The summed E-state index contributed by atoms with van der Waals surface area (Å²) in [6.07, 6.45) is 0.759. The van der Waals surface area contributed by atoms with Crippen LogP contribution in [0.3, 0.4) is 0 Å². The van der Waals surface area contributed by atoms with E-state index in [1.165, 1.54) is 0 Å². The summed E-state index contributed by atoms with van der Waals surface area (Å²) in [7, 11) is 0. The van der Waals surface area contributed by atoms with Crippen LogP contribution in [0.2, 0.25) is 5.28 Å². The molecule has 0 bridgehead atoms. The first-order valence-electron chi connectivity index (χ1n) is 4.42. The second-order valence-corrected chi connectivity index (χ2v) is 3.70. The maximum atomic E-state index is 5.91. The molecule has 2 aromatic heterocycles. The quantitative estimate of drug-likeness (QED) is 0.812. The number of hydrogen-bond donors (Lipinski definition) is 1. The van der Waals surface area contributed by atoms with Gasteiger partial charge in [0.05, 0.1) is 0 Å². The first-order valence-corrected chi connectivity index (χ1v) is 4.80. The van der Waals surface area contributed by atoms with Crippen LogP contribution in [0, 0.1) is 0 Å². The molecule has 0 aliphatic carbocycles. The number of hydrogen-bond acceptors (Lipinski definition) is 3. The maximum absolute atomic E-state index is 5.91. The van der Waals surface area contributed by atoms with Crippen molar-refractivity contribution in [2.45, 2.75) is 19.4 Å². The van der Waals surface area contributed by atoms with Crippen LogP contribution in [0.4, 0.5) is 0 Å². The monoisotopic (exact) mass is 210 g/mol.